The molecule has 0 aromatic carbocycles. The molecule has 5 nitrogen and oxygen atoms in total. The number of fused-ring (bicyclic) bond motifs is 3. The van der Waals surface area contributed by atoms with Crippen molar-refractivity contribution in [3.05, 3.63) is 28.8 Å². The maximum absolute atomic E-state index is 11.0. The molecule has 0 bridgehead atoms. The Balaban J connectivity index is 1.75. The van der Waals surface area contributed by atoms with Gasteiger partial charge in [-0.05, 0) is 25.3 Å². The standard InChI is InChI=1S/C15H16N2O3/c1-9-13(8-18)20-12-3-2-10-6-17(7-11-4-5-19-11)16-15(10)14(9)12/h6,8,11H,2-5,7H2,1H3. The third-order valence-corrected chi connectivity index (χ3v) is 4.24. The highest BCUT2D eigenvalue weighted by molar-refractivity contribution is 5.81. The van der Waals surface area contributed by atoms with Gasteiger partial charge in [0, 0.05) is 30.4 Å². The largest absolute Gasteiger partial charge is 0.457 e. The molecule has 1 atom stereocenters. The number of ether oxygens (including phenoxy) is 1. The van der Waals surface area contributed by atoms with Gasteiger partial charge in [-0.3, -0.25) is 9.48 Å². The summed E-state index contributed by atoms with van der Waals surface area (Å²) in [6.45, 7) is 3.59. The van der Waals surface area contributed by atoms with Crippen LogP contribution in [0, 0.1) is 6.92 Å². The molecule has 0 N–H and O–H groups in total. The van der Waals surface area contributed by atoms with Gasteiger partial charge in [-0.15, -0.1) is 0 Å². The third kappa shape index (κ3) is 1.66. The zero-order valence-corrected chi connectivity index (χ0v) is 11.4. The van der Waals surface area contributed by atoms with E-state index in [0.29, 0.717) is 11.9 Å². The van der Waals surface area contributed by atoms with Crippen molar-refractivity contribution in [2.24, 2.45) is 0 Å². The summed E-state index contributed by atoms with van der Waals surface area (Å²) < 4.78 is 13.0. The van der Waals surface area contributed by atoms with Crippen molar-refractivity contribution in [2.75, 3.05) is 6.61 Å². The predicted molar refractivity (Wildman–Crippen MR) is 71.8 cm³/mol. The van der Waals surface area contributed by atoms with Gasteiger partial charge < -0.3 is 9.15 Å². The van der Waals surface area contributed by atoms with Crippen molar-refractivity contribution in [1.82, 2.24) is 9.78 Å². The minimum atomic E-state index is 0.298. The average Bonchev–Trinajstić information content (AvgIpc) is 2.94. The molecular weight excluding hydrogens is 256 g/mol. The number of aryl methyl sites for hydroxylation is 2. The van der Waals surface area contributed by atoms with Gasteiger partial charge in [0.05, 0.1) is 18.3 Å². The van der Waals surface area contributed by atoms with Crippen molar-refractivity contribution in [2.45, 2.75) is 38.8 Å². The molecule has 2 aliphatic rings. The van der Waals surface area contributed by atoms with Crippen molar-refractivity contribution >= 4 is 6.29 Å². The minimum absolute atomic E-state index is 0.298. The number of aromatic nitrogens is 2. The van der Waals surface area contributed by atoms with E-state index in [1.807, 2.05) is 11.6 Å². The molecular formula is C15H16N2O3. The number of hydrogen-bond donors (Lipinski definition) is 0. The van der Waals surface area contributed by atoms with E-state index in [4.69, 9.17) is 9.15 Å². The molecule has 3 heterocycles. The fourth-order valence-electron chi connectivity index (χ4n) is 3.03. The van der Waals surface area contributed by atoms with Crippen LogP contribution in [0.25, 0.3) is 11.3 Å². The first kappa shape index (κ1) is 11.9. The minimum Gasteiger partial charge on any atom is -0.457 e. The maximum atomic E-state index is 11.0. The monoisotopic (exact) mass is 272 g/mol. The second kappa shape index (κ2) is 4.31. The van der Waals surface area contributed by atoms with E-state index in [2.05, 4.69) is 11.3 Å². The van der Waals surface area contributed by atoms with Crippen LogP contribution in [0.5, 0.6) is 0 Å². The van der Waals surface area contributed by atoms with Crippen molar-refractivity contribution in [3.63, 3.8) is 0 Å². The lowest BCUT2D eigenvalue weighted by Crippen LogP contribution is -2.31. The van der Waals surface area contributed by atoms with Gasteiger partial charge in [0.1, 0.15) is 5.76 Å². The van der Waals surface area contributed by atoms with Gasteiger partial charge in [-0.25, -0.2) is 0 Å². The van der Waals surface area contributed by atoms with E-state index in [-0.39, 0.29) is 0 Å². The lowest BCUT2D eigenvalue weighted by atomic mass is 9.94. The van der Waals surface area contributed by atoms with Gasteiger partial charge in [0.2, 0.25) is 0 Å². The molecule has 104 valence electrons. The van der Waals surface area contributed by atoms with E-state index in [1.165, 1.54) is 5.56 Å². The average molecular weight is 272 g/mol. The second-order valence-electron chi connectivity index (χ2n) is 5.51. The van der Waals surface area contributed by atoms with E-state index in [0.717, 1.165) is 61.3 Å². The molecule has 0 radical (unpaired) electrons. The quantitative estimate of drug-likeness (QED) is 0.803. The Hall–Kier alpha value is -1.88. The number of nitrogens with zero attached hydrogens (tertiary/aromatic N) is 2. The zero-order valence-electron chi connectivity index (χ0n) is 11.4. The molecule has 1 saturated heterocycles. The number of aldehydes is 1. The fraction of sp³-hybridized carbons (Fsp3) is 0.467. The Bertz CT molecular complexity index is 680. The number of carbonyl (C=O) groups is 1. The molecule has 0 saturated carbocycles. The molecule has 1 unspecified atom stereocenters. The Morgan fingerprint density at radius 2 is 2.35 bits per heavy atom. The van der Waals surface area contributed by atoms with Crippen LogP contribution in [0.1, 0.15) is 33.9 Å². The van der Waals surface area contributed by atoms with Crippen LogP contribution in [-0.2, 0) is 24.1 Å². The Labute approximate surface area is 116 Å². The first-order chi connectivity index (χ1) is 9.76. The highest BCUT2D eigenvalue weighted by Crippen LogP contribution is 2.37. The highest BCUT2D eigenvalue weighted by atomic mass is 16.5. The summed E-state index contributed by atoms with van der Waals surface area (Å²) >= 11 is 0. The third-order valence-electron chi connectivity index (χ3n) is 4.24. The van der Waals surface area contributed by atoms with Crippen LogP contribution in [0.2, 0.25) is 0 Å². The lowest BCUT2D eigenvalue weighted by Gasteiger charge is -2.26. The molecule has 1 aliphatic carbocycles. The van der Waals surface area contributed by atoms with E-state index >= 15 is 0 Å². The molecule has 4 rings (SSSR count). The van der Waals surface area contributed by atoms with E-state index in [1.54, 1.807) is 0 Å². The van der Waals surface area contributed by atoms with E-state index in [9.17, 15) is 4.79 Å². The first-order valence-corrected chi connectivity index (χ1v) is 7.02. The Kier molecular flexibility index (Phi) is 2.57. The first-order valence-electron chi connectivity index (χ1n) is 7.02. The van der Waals surface area contributed by atoms with Crippen molar-refractivity contribution < 1.29 is 13.9 Å². The molecule has 2 aromatic heterocycles. The molecule has 0 spiro atoms. The highest BCUT2D eigenvalue weighted by Gasteiger charge is 2.28. The topological polar surface area (TPSA) is 57.3 Å². The van der Waals surface area contributed by atoms with Crippen LogP contribution in [0.3, 0.4) is 0 Å². The smallest absolute Gasteiger partial charge is 0.185 e. The fourth-order valence-corrected chi connectivity index (χ4v) is 3.03. The van der Waals surface area contributed by atoms with Gasteiger partial charge >= 0.3 is 0 Å². The molecule has 1 fully saturated rings. The van der Waals surface area contributed by atoms with Crippen molar-refractivity contribution in [1.29, 1.82) is 0 Å². The maximum Gasteiger partial charge on any atom is 0.185 e. The van der Waals surface area contributed by atoms with Crippen LogP contribution in [0.15, 0.2) is 10.6 Å². The van der Waals surface area contributed by atoms with Gasteiger partial charge in [0.15, 0.2) is 12.0 Å². The summed E-state index contributed by atoms with van der Waals surface area (Å²) in [4.78, 5) is 11.0. The molecule has 1 aliphatic heterocycles. The molecule has 2 aromatic rings. The number of hydrogen-bond acceptors (Lipinski definition) is 4. The zero-order chi connectivity index (χ0) is 13.7. The summed E-state index contributed by atoms with van der Waals surface area (Å²) in [7, 11) is 0. The summed E-state index contributed by atoms with van der Waals surface area (Å²) in [5.41, 5.74) is 4.13. The summed E-state index contributed by atoms with van der Waals surface area (Å²) in [6, 6.07) is 0. The molecule has 0 amide bonds. The molecule has 20 heavy (non-hydrogen) atoms. The van der Waals surface area contributed by atoms with Crippen LogP contribution < -0.4 is 0 Å². The van der Waals surface area contributed by atoms with Crippen LogP contribution in [0.4, 0.5) is 0 Å². The van der Waals surface area contributed by atoms with Gasteiger partial charge in [-0.1, -0.05) is 0 Å². The van der Waals surface area contributed by atoms with Gasteiger partial charge in [-0.2, -0.15) is 5.10 Å². The summed E-state index contributed by atoms with van der Waals surface area (Å²) in [5, 5.41) is 4.68. The van der Waals surface area contributed by atoms with Crippen LogP contribution in [-0.4, -0.2) is 28.8 Å². The normalized spacial score (nSPS) is 20.1. The predicted octanol–water partition coefficient (Wildman–Crippen LogP) is 2.15. The van der Waals surface area contributed by atoms with E-state index < -0.39 is 0 Å². The summed E-state index contributed by atoms with van der Waals surface area (Å²) in [6.07, 6.45) is 6.05. The number of rotatable bonds is 3. The molecule has 5 heteroatoms. The Morgan fingerprint density at radius 3 is 3.05 bits per heavy atom. The Morgan fingerprint density at radius 1 is 1.50 bits per heavy atom. The van der Waals surface area contributed by atoms with Crippen LogP contribution >= 0.6 is 0 Å². The SMILES string of the molecule is Cc1c(C=O)oc2c1-c1nn(CC3CCO3)cc1CC2. The number of furan rings is 1. The van der Waals surface area contributed by atoms with Gasteiger partial charge in [0.25, 0.3) is 0 Å². The summed E-state index contributed by atoms with van der Waals surface area (Å²) in [5.74, 6) is 1.32. The second-order valence-corrected chi connectivity index (χ2v) is 5.51. The van der Waals surface area contributed by atoms with Crippen molar-refractivity contribution in [3.8, 4) is 11.3 Å². The lowest BCUT2D eigenvalue weighted by molar-refractivity contribution is -0.0608. The number of carbonyl (C=O) groups excluding carboxylic acids is 1.